The van der Waals surface area contributed by atoms with E-state index in [0.717, 1.165) is 19.1 Å². The summed E-state index contributed by atoms with van der Waals surface area (Å²) in [5, 5.41) is 0. The van der Waals surface area contributed by atoms with Gasteiger partial charge in [-0.1, -0.05) is 18.6 Å². The zero-order chi connectivity index (χ0) is 14.0. The van der Waals surface area contributed by atoms with Crippen molar-refractivity contribution in [2.45, 2.75) is 25.3 Å². The fourth-order valence-electron chi connectivity index (χ4n) is 1.99. The average molecular weight is 314 g/mol. The van der Waals surface area contributed by atoms with E-state index < -0.39 is 25.6 Å². The zero-order valence-corrected chi connectivity index (χ0v) is 12.6. The maximum atomic E-state index is 11.7. The lowest BCUT2D eigenvalue weighted by Gasteiger charge is -2.19. The summed E-state index contributed by atoms with van der Waals surface area (Å²) in [6, 6.07) is -0.299. The fraction of sp³-hybridized carbons (Fsp3) is 0.889. The largest absolute Gasteiger partial charge is 0.393 e. The number of nitrogens with two attached hydrogens (primary N) is 1. The molecule has 6 nitrogen and oxygen atoms in total. The van der Waals surface area contributed by atoms with Gasteiger partial charge in [-0.3, -0.25) is 0 Å². The van der Waals surface area contributed by atoms with E-state index in [-0.39, 0.29) is 17.7 Å². The van der Waals surface area contributed by atoms with E-state index >= 15 is 0 Å². The Kier molecular flexibility index (Phi) is 5.10. The van der Waals surface area contributed by atoms with Gasteiger partial charge in [-0.25, -0.2) is 21.6 Å². The molecule has 1 aliphatic rings. The van der Waals surface area contributed by atoms with E-state index in [2.05, 4.69) is 4.72 Å². The Morgan fingerprint density at radius 3 is 2.39 bits per heavy atom. The molecule has 0 saturated heterocycles. The summed E-state index contributed by atoms with van der Waals surface area (Å²) in [5.41, 5.74) is 5.55. The molecule has 2 atom stereocenters. The van der Waals surface area contributed by atoms with Crippen LogP contribution in [0.3, 0.4) is 0 Å². The predicted octanol–water partition coefficient (Wildman–Crippen LogP) is -0.595. The summed E-state index contributed by atoms with van der Waals surface area (Å²) in [7, 11) is -6.90. The van der Waals surface area contributed by atoms with Gasteiger partial charge in [-0.05, 0) is 12.8 Å². The molecule has 0 amide bonds. The summed E-state index contributed by atoms with van der Waals surface area (Å²) in [4.78, 5) is 0.309. The van der Waals surface area contributed by atoms with Crippen LogP contribution < -0.4 is 10.5 Å². The van der Waals surface area contributed by atoms with Crippen molar-refractivity contribution in [3.05, 3.63) is 0 Å². The molecular formula is C9H18N2O4S3. The highest BCUT2D eigenvalue weighted by Gasteiger charge is 2.32. The number of thiocarbonyl (C=S) groups is 1. The van der Waals surface area contributed by atoms with Crippen LogP contribution in [0, 0.1) is 5.92 Å². The maximum Gasteiger partial charge on any atom is 0.212 e. The second-order valence-corrected chi connectivity index (χ2v) is 9.22. The molecule has 1 saturated carbocycles. The van der Waals surface area contributed by atoms with Gasteiger partial charge >= 0.3 is 0 Å². The van der Waals surface area contributed by atoms with E-state index in [9.17, 15) is 16.8 Å². The molecule has 9 heteroatoms. The standard InChI is InChI=1S/C9H18N2O4S3/c1-17(12,13)5-6-18(14,15)11-8-4-2-3-7(8)9(10)16/h7-8,11H,2-6H2,1H3,(H2,10,16). The van der Waals surface area contributed by atoms with Crippen molar-refractivity contribution in [1.82, 2.24) is 4.72 Å². The molecule has 3 N–H and O–H groups in total. The molecule has 1 fully saturated rings. The van der Waals surface area contributed by atoms with Crippen LogP contribution in [-0.2, 0) is 19.9 Å². The van der Waals surface area contributed by atoms with E-state index in [0.29, 0.717) is 11.4 Å². The number of hydrogen-bond acceptors (Lipinski definition) is 5. The van der Waals surface area contributed by atoms with E-state index in [1.54, 1.807) is 0 Å². The quantitative estimate of drug-likeness (QED) is 0.634. The molecule has 0 aliphatic heterocycles. The molecule has 0 aromatic rings. The minimum absolute atomic E-state index is 0.131. The second-order valence-electron chi connectivity index (χ2n) is 4.61. The fourth-order valence-corrected chi connectivity index (χ4v) is 5.22. The molecule has 0 aromatic carbocycles. The highest BCUT2D eigenvalue weighted by molar-refractivity contribution is 7.93. The van der Waals surface area contributed by atoms with E-state index in [4.69, 9.17) is 18.0 Å². The van der Waals surface area contributed by atoms with Gasteiger partial charge in [0.05, 0.1) is 16.5 Å². The first-order valence-electron chi connectivity index (χ1n) is 5.58. The molecule has 1 aliphatic carbocycles. The van der Waals surface area contributed by atoms with Gasteiger partial charge in [-0.15, -0.1) is 0 Å². The Bertz CT molecular complexity index is 512. The Hall–Kier alpha value is -0.250. The van der Waals surface area contributed by atoms with Gasteiger partial charge in [0, 0.05) is 18.2 Å². The molecule has 0 spiro atoms. The second kappa shape index (κ2) is 5.81. The number of hydrogen-bond donors (Lipinski definition) is 2. The van der Waals surface area contributed by atoms with E-state index in [1.807, 2.05) is 0 Å². The first kappa shape index (κ1) is 15.8. The Morgan fingerprint density at radius 1 is 1.28 bits per heavy atom. The van der Waals surface area contributed by atoms with E-state index in [1.165, 1.54) is 0 Å². The SMILES string of the molecule is CS(=O)(=O)CCS(=O)(=O)NC1CCCC1C(N)=S. The third-order valence-electron chi connectivity index (χ3n) is 2.94. The van der Waals surface area contributed by atoms with Crippen molar-refractivity contribution in [3.63, 3.8) is 0 Å². The molecule has 2 unspecified atom stereocenters. The van der Waals surface area contributed by atoms with Crippen molar-refractivity contribution in [1.29, 1.82) is 0 Å². The molecule has 1 rings (SSSR count). The minimum Gasteiger partial charge on any atom is -0.393 e. The summed E-state index contributed by atoms with van der Waals surface area (Å²) in [5.74, 6) is -0.938. The molecule has 0 bridgehead atoms. The normalized spacial score (nSPS) is 25.2. The molecule has 0 radical (unpaired) electrons. The lowest BCUT2D eigenvalue weighted by atomic mass is 10.1. The number of nitrogens with one attached hydrogen (secondary N) is 1. The Labute approximate surface area is 113 Å². The highest BCUT2D eigenvalue weighted by Crippen LogP contribution is 2.26. The first-order chi connectivity index (χ1) is 8.11. The Balaban J connectivity index is 2.63. The molecule has 106 valence electrons. The van der Waals surface area contributed by atoms with Gasteiger partial charge in [0.25, 0.3) is 0 Å². The molecule has 18 heavy (non-hydrogen) atoms. The van der Waals surface area contributed by atoms with Gasteiger partial charge in [0.15, 0.2) is 0 Å². The summed E-state index contributed by atoms with van der Waals surface area (Å²) < 4.78 is 47.9. The van der Waals surface area contributed by atoms with Crippen LogP contribution in [0.25, 0.3) is 0 Å². The van der Waals surface area contributed by atoms with Crippen LogP contribution in [0.2, 0.25) is 0 Å². The highest BCUT2D eigenvalue weighted by atomic mass is 32.2. The first-order valence-corrected chi connectivity index (χ1v) is 9.70. The minimum atomic E-state index is -3.61. The van der Waals surface area contributed by atoms with Crippen LogP contribution in [0.1, 0.15) is 19.3 Å². The van der Waals surface area contributed by atoms with Crippen LogP contribution >= 0.6 is 12.2 Å². The number of sulfone groups is 1. The van der Waals surface area contributed by atoms with Crippen molar-refractivity contribution in [2.24, 2.45) is 11.7 Å². The van der Waals surface area contributed by atoms with Crippen molar-refractivity contribution >= 4 is 37.1 Å². The number of sulfonamides is 1. The Morgan fingerprint density at radius 2 is 1.89 bits per heavy atom. The number of rotatable bonds is 6. The monoisotopic (exact) mass is 314 g/mol. The van der Waals surface area contributed by atoms with Gasteiger partial charge in [-0.2, -0.15) is 0 Å². The smallest absolute Gasteiger partial charge is 0.212 e. The summed E-state index contributed by atoms with van der Waals surface area (Å²) in [6.07, 6.45) is 3.33. The molecular weight excluding hydrogens is 296 g/mol. The zero-order valence-electron chi connectivity index (χ0n) is 10.1. The molecule has 0 heterocycles. The lowest BCUT2D eigenvalue weighted by Crippen LogP contribution is -2.43. The summed E-state index contributed by atoms with van der Waals surface area (Å²) in [6.45, 7) is 0. The topological polar surface area (TPSA) is 106 Å². The summed E-state index contributed by atoms with van der Waals surface area (Å²) >= 11 is 4.89. The molecule has 0 aromatic heterocycles. The predicted molar refractivity (Wildman–Crippen MR) is 74.5 cm³/mol. The van der Waals surface area contributed by atoms with Crippen LogP contribution in [0.5, 0.6) is 0 Å². The van der Waals surface area contributed by atoms with Gasteiger partial charge in [0.1, 0.15) is 9.84 Å². The van der Waals surface area contributed by atoms with Crippen molar-refractivity contribution < 1.29 is 16.8 Å². The average Bonchev–Trinajstić information content (AvgIpc) is 2.61. The van der Waals surface area contributed by atoms with Gasteiger partial charge < -0.3 is 5.73 Å². The maximum absolute atomic E-state index is 11.7. The third-order valence-corrected chi connectivity index (χ3v) is 5.85. The third kappa shape index (κ3) is 5.17. The van der Waals surface area contributed by atoms with Crippen LogP contribution in [-0.4, -0.2) is 45.6 Å². The van der Waals surface area contributed by atoms with Crippen molar-refractivity contribution in [2.75, 3.05) is 17.8 Å². The van der Waals surface area contributed by atoms with Crippen LogP contribution in [0.15, 0.2) is 0 Å². The lowest BCUT2D eigenvalue weighted by molar-refractivity contribution is 0.525. The van der Waals surface area contributed by atoms with Crippen LogP contribution in [0.4, 0.5) is 0 Å². The van der Waals surface area contributed by atoms with Crippen molar-refractivity contribution in [3.8, 4) is 0 Å². The van der Waals surface area contributed by atoms with Gasteiger partial charge in [0.2, 0.25) is 10.0 Å².